The molecule has 0 unspecified atom stereocenters. The normalized spacial score (nSPS) is 11.3. The van der Waals surface area contributed by atoms with Gasteiger partial charge in [-0.1, -0.05) is 0 Å². The van der Waals surface area contributed by atoms with Crippen LogP contribution in [-0.2, 0) is 6.42 Å². The van der Waals surface area contributed by atoms with E-state index in [4.69, 9.17) is 5.73 Å². The molecule has 0 atom stereocenters. The lowest BCUT2D eigenvalue weighted by Crippen LogP contribution is -2.05. The molecule has 5 nitrogen and oxygen atoms in total. The van der Waals surface area contributed by atoms with Gasteiger partial charge in [0.2, 0.25) is 0 Å². The Morgan fingerprint density at radius 3 is 3.11 bits per heavy atom. The first-order chi connectivity index (χ1) is 9.28. The van der Waals surface area contributed by atoms with Crippen molar-refractivity contribution in [2.45, 2.75) is 23.5 Å². The summed E-state index contributed by atoms with van der Waals surface area (Å²) in [4.78, 5) is 14.3. The van der Waals surface area contributed by atoms with Crippen LogP contribution in [0.25, 0.3) is 4.96 Å². The van der Waals surface area contributed by atoms with Crippen LogP contribution < -0.4 is 5.73 Å². The third-order valence-corrected chi connectivity index (χ3v) is 4.32. The van der Waals surface area contributed by atoms with Gasteiger partial charge in [-0.15, -0.1) is 11.3 Å². The van der Waals surface area contributed by atoms with E-state index in [-0.39, 0.29) is 0 Å². The Morgan fingerprint density at radius 2 is 2.32 bits per heavy atom. The van der Waals surface area contributed by atoms with Gasteiger partial charge in [-0.2, -0.15) is 0 Å². The second-order valence-electron chi connectivity index (χ2n) is 4.04. The predicted octanol–water partition coefficient (Wildman–Crippen LogP) is 2.15. The van der Waals surface area contributed by atoms with Gasteiger partial charge in [0.1, 0.15) is 5.03 Å². The van der Waals surface area contributed by atoms with Gasteiger partial charge in [-0.25, -0.2) is 15.0 Å². The summed E-state index contributed by atoms with van der Waals surface area (Å²) in [6.07, 6.45) is 4.59. The zero-order valence-corrected chi connectivity index (χ0v) is 12.0. The van der Waals surface area contributed by atoms with E-state index in [1.165, 1.54) is 11.8 Å². The van der Waals surface area contributed by atoms with Crippen LogP contribution in [0.3, 0.4) is 0 Å². The third kappa shape index (κ3) is 2.49. The number of rotatable bonds is 4. The first-order valence-corrected chi connectivity index (χ1v) is 7.59. The summed E-state index contributed by atoms with van der Waals surface area (Å²) >= 11 is 3.11. The fraction of sp³-hybridized carbons (Fsp3) is 0.250. The van der Waals surface area contributed by atoms with Crippen molar-refractivity contribution in [1.82, 2.24) is 19.4 Å². The van der Waals surface area contributed by atoms with Crippen molar-refractivity contribution < 1.29 is 0 Å². The van der Waals surface area contributed by atoms with Gasteiger partial charge in [0.25, 0.3) is 0 Å². The molecule has 0 saturated heterocycles. The number of fused-ring (bicyclic) bond motifs is 1. The van der Waals surface area contributed by atoms with E-state index in [0.29, 0.717) is 6.54 Å². The molecule has 0 saturated carbocycles. The Bertz CT molecular complexity index is 703. The molecule has 0 radical (unpaired) electrons. The van der Waals surface area contributed by atoms with Crippen molar-refractivity contribution in [1.29, 1.82) is 0 Å². The van der Waals surface area contributed by atoms with E-state index in [1.54, 1.807) is 17.5 Å². The molecule has 3 aromatic rings. The standard InChI is InChI=1S/C12H13N5S2/c1-8-3-5-14-11(15-8)19-10-9(2-4-13)17-6-7-18-12(17)16-10/h3,5-7H,2,4,13H2,1H3. The van der Waals surface area contributed by atoms with Crippen molar-refractivity contribution in [3.63, 3.8) is 0 Å². The van der Waals surface area contributed by atoms with Crippen LogP contribution >= 0.6 is 23.1 Å². The number of nitrogens with zero attached hydrogens (tertiary/aromatic N) is 4. The Morgan fingerprint density at radius 1 is 1.42 bits per heavy atom. The van der Waals surface area contributed by atoms with E-state index >= 15 is 0 Å². The van der Waals surface area contributed by atoms with E-state index in [1.807, 2.05) is 24.6 Å². The number of nitrogens with two attached hydrogens (primary N) is 1. The van der Waals surface area contributed by atoms with Crippen LogP contribution in [0.2, 0.25) is 0 Å². The molecule has 0 bridgehead atoms. The lowest BCUT2D eigenvalue weighted by Gasteiger charge is -2.02. The monoisotopic (exact) mass is 291 g/mol. The Hall–Kier alpha value is -1.44. The summed E-state index contributed by atoms with van der Waals surface area (Å²) in [5.41, 5.74) is 7.78. The SMILES string of the molecule is Cc1ccnc(Sc2nc3sccn3c2CCN)n1. The van der Waals surface area contributed by atoms with Gasteiger partial charge in [0.05, 0.1) is 5.69 Å². The molecule has 2 N–H and O–H groups in total. The smallest absolute Gasteiger partial charge is 0.194 e. The Kier molecular flexibility index (Phi) is 3.50. The summed E-state index contributed by atoms with van der Waals surface area (Å²) in [6.45, 7) is 2.56. The first-order valence-electron chi connectivity index (χ1n) is 5.90. The molecule has 19 heavy (non-hydrogen) atoms. The number of aromatic nitrogens is 4. The highest BCUT2D eigenvalue weighted by molar-refractivity contribution is 7.99. The van der Waals surface area contributed by atoms with Crippen LogP contribution in [0, 0.1) is 6.92 Å². The number of hydrogen-bond donors (Lipinski definition) is 1. The van der Waals surface area contributed by atoms with Gasteiger partial charge in [-0.3, -0.25) is 4.40 Å². The molecule has 98 valence electrons. The van der Waals surface area contributed by atoms with Gasteiger partial charge < -0.3 is 5.73 Å². The number of imidazole rings is 1. The van der Waals surface area contributed by atoms with E-state index in [9.17, 15) is 0 Å². The minimum Gasteiger partial charge on any atom is -0.330 e. The fourth-order valence-corrected chi connectivity index (χ4v) is 3.54. The third-order valence-electron chi connectivity index (χ3n) is 2.67. The predicted molar refractivity (Wildman–Crippen MR) is 76.7 cm³/mol. The largest absolute Gasteiger partial charge is 0.330 e. The first kappa shape index (κ1) is 12.6. The molecule has 7 heteroatoms. The maximum Gasteiger partial charge on any atom is 0.194 e. The number of thiazole rings is 1. The molecular formula is C12H13N5S2. The zero-order chi connectivity index (χ0) is 13.2. The maximum absolute atomic E-state index is 5.69. The lowest BCUT2D eigenvalue weighted by atomic mass is 10.3. The molecule has 3 heterocycles. The van der Waals surface area contributed by atoms with Crippen molar-refractivity contribution in [2.24, 2.45) is 5.73 Å². The van der Waals surface area contributed by atoms with Crippen LogP contribution in [0.5, 0.6) is 0 Å². The number of hydrogen-bond acceptors (Lipinski definition) is 6. The average Bonchev–Trinajstić information content (AvgIpc) is 2.93. The molecule has 0 aliphatic rings. The molecule has 0 amide bonds. The average molecular weight is 291 g/mol. The molecule has 0 fully saturated rings. The fourth-order valence-electron chi connectivity index (χ4n) is 1.82. The summed E-state index contributed by atoms with van der Waals surface area (Å²) in [5, 5.41) is 3.70. The second kappa shape index (κ2) is 5.28. The minimum absolute atomic E-state index is 0.603. The molecule has 3 aromatic heterocycles. The van der Waals surface area contributed by atoms with E-state index < -0.39 is 0 Å². The summed E-state index contributed by atoms with van der Waals surface area (Å²) in [6, 6.07) is 1.89. The molecule has 0 aliphatic heterocycles. The van der Waals surface area contributed by atoms with Gasteiger partial charge in [0, 0.05) is 29.9 Å². The van der Waals surface area contributed by atoms with Crippen LogP contribution in [0.1, 0.15) is 11.4 Å². The zero-order valence-electron chi connectivity index (χ0n) is 10.4. The minimum atomic E-state index is 0.603. The maximum atomic E-state index is 5.69. The quantitative estimate of drug-likeness (QED) is 0.746. The lowest BCUT2D eigenvalue weighted by molar-refractivity contribution is 0.873. The summed E-state index contributed by atoms with van der Waals surface area (Å²) in [5.74, 6) is 0. The van der Waals surface area contributed by atoms with Crippen molar-refractivity contribution in [2.75, 3.05) is 6.54 Å². The Labute approximate surface area is 118 Å². The van der Waals surface area contributed by atoms with Crippen LogP contribution in [0.4, 0.5) is 0 Å². The molecule has 0 aliphatic carbocycles. The topological polar surface area (TPSA) is 69.1 Å². The van der Waals surface area contributed by atoms with Gasteiger partial charge in [-0.05, 0) is 31.3 Å². The second-order valence-corrected chi connectivity index (χ2v) is 5.87. The highest BCUT2D eigenvalue weighted by atomic mass is 32.2. The molecule has 0 aromatic carbocycles. The van der Waals surface area contributed by atoms with Crippen molar-refractivity contribution in [3.8, 4) is 0 Å². The van der Waals surface area contributed by atoms with Gasteiger partial charge >= 0.3 is 0 Å². The molecule has 3 rings (SSSR count). The highest BCUT2D eigenvalue weighted by Crippen LogP contribution is 2.29. The van der Waals surface area contributed by atoms with E-state index in [0.717, 1.165) is 33.0 Å². The van der Waals surface area contributed by atoms with Crippen molar-refractivity contribution >= 4 is 28.1 Å². The Balaban J connectivity index is 1.99. The van der Waals surface area contributed by atoms with Crippen LogP contribution in [-0.4, -0.2) is 25.9 Å². The molecule has 0 spiro atoms. The van der Waals surface area contributed by atoms with Crippen molar-refractivity contribution in [3.05, 3.63) is 35.2 Å². The molecular weight excluding hydrogens is 278 g/mol. The van der Waals surface area contributed by atoms with Gasteiger partial charge in [0.15, 0.2) is 10.1 Å². The number of aryl methyl sites for hydroxylation is 1. The van der Waals surface area contributed by atoms with Crippen LogP contribution in [0.15, 0.2) is 34.0 Å². The summed E-state index contributed by atoms with van der Waals surface area (Å²) < 4.78 is 2.09. The highest BCUT2D eigenvalue weighted by Gasteiger charge is 2.14. The summed E-state index contributed by atoms with van der Waals surface area (Å²) in [7, 11) is 0. The van der Waals surface area contributed by atoms with E-state index in [2.05, 4.69) is 19.4 Å².